The van der Waals surface area contributed by atoms with Crippen molar-refractivity contribution in [1.29, 1.82) is 0 Å². The number of halogens is 1. The minimum absolute atomic E-state index is 0.0540. The van der Waals surface area contributed by atoms with Gasteiger partial charge in [-0.3, -0.25) is 14.9 Å². The molecule has 132 valence electrons. The summed E-state index contributed by atoms with van der Waals surface area (Å²) in [7, 11) is 0. The summed E-state index contributed by atoms with van der Waals surface area (Å²) < 4.78 is 18.7. The Morgan fingerprint density at radius 3 is 2.73 bits per heavy atom. The lowest BCUT2D eigenvalue weighted by molar-refractivity contribution is -0.387. The molecule has 0 unspecified atom stereocenters. The van der Waals surface area contributed by atoms with Gasteiger partial charge in [0.15, 0.2) is 0 Å². The van der Waals surface area contributed by atoms with Gasteiger partial charge >= 0.3 is 5.69 Å². The molecule has 3 aromatic rings. The Kier molecular flexibility index (Phi) is 5.23. The van der Waals surface area contributed by atoms with Crippen LogP contribution in [-0.2, 0) is 4.79 Å². The number of carbonyl (C=O) groups excluding carboxylic acids is 1. The number of thioether (sulfide) groups is 1. The van der Waals surface area contributed by atoms with Crippen LogP contribution in [0.5, 0.6) is 0 Å². The first-order valence-corrected chi connectivity index (χ1v) is 8.27. The summed E-state index contributed by atoms with van der Waals surface area (Å²) in [6, 6.07) is 12.3. The average molecular weight is 374 g/mol. The zero-order valence-electron chi connectivity index (χ0n) is 13.1. The molecule has 0 radical (unpaired) electrons. The van der Waals surface area contributed by atoms with E-state index in [0.29, 0.717) is 5.89 Å². The smallest absolute Gasteiger partial charge is 0.306 e. The van der Waals surface area contributed by atoms with Gasteiger partial charge in [-0.15, -0.1) is 10.2 Å². The Morgan fingerprint density at radius 2 is 2.00 bits per heavy atom. The van der Waals surface area contributed by atoms with Gasteiger partial charge in [-0.05, 0) is 24.3 Å². The highest BCUT2D eigenvalue weighted by Gasteiger charge is 2.16. The van der Waals surface area contributed by atoms with E-state index >= 15 is 0 Å². The Labute approximate surface area is 150 Å². The summed E-state index contributed by atoms with van der Waals surface area (Å²) in [6.45, 7) is 0. The Morgan fingerprint density at radius 1 is 1.23 bits per heavy atom. The van der Waals surface area contributed by atoms with E-state index < -0.39 is 22.3 Å². The van der Waals surface area contributed by atoms with Gasteiger partial charge in [0.2, 0.25) is 17.6 Å². The van der Waals surface area contributed by atoms with E-state index in [9.17, 15) is 19.3 Å². The van der Waals surface area contributed by atoms with Crippen molar-refractivity contribution in [2.24, 2.45) is 0 Å². The fourth-order valence-electron chi connectivity index (χ4n) is 2.02. The minimum Gasteiger partial charge on any atom is -0.411 e. The number of hydrogen-bond acceptors (Lipinski definition) is 7. The number of aromatic nitrogens is 2. The molecule has 0 saturated heterocycles. The second-order valence-electron chi connectivity index (χ2n) is 5.00. The van der Waals surface area contributed by atoms with Crippen molar-refractivity contribution in [3.05, 3.63) is 64.5 Å². The van der Waals surface area contributed by atoms with Gasteiger partial charge < -0.3 is 9.73 Å². The highest BCUT2D eigenvalue weighted by atomic mass is 32.2. The first kappa shape index (κ1) is 17.5. The van der Waals surface area contributed by atoms with Crippen LogP contribution in [0.25, 0.3) is 11.5 Å². The number of hydrogen-bond donors (Lipinski definition) is 1. The maximum atomic E-state index is 13.3. The number of nitro benzene ring substituents is 1. The Balaban J connectivity index is 1.59. The molecule has 0 fully saturated rings. The maximum Gasteiger partial charge on any atom is 0.306 e. The van der Waals surface area contributed by atoms with E-state index in [1.54, 1.807) is 0 Å². The van der Waals surface area contributed by atoms with E-state index in [-0.39, 0.29) is 16.7 Å². The van der Waals surface area contributed by atoms with Gasteiger partial charge in [0, 0.05) is 17.3 Å². The first-order valence-electron chi connectivity index (χ1n) is 7.28. The monoisotopic (exact) mass is 374 g/mol. The van der Waals surface area contributed by atoms with Gasteiger partial charge in [0.1, 0.15) is 0 Å². The van der Waals surface area contributed by atoms with Crippen LogP contribution in [0.1, 0.15) is 0 Å². The molecule has 0 spiro atoms. The summed E-state index contributed by atoms with van der Waals surface area (Å²) in [5, 5.41) is 21.1. The van der Waals surface area contributed by atoms with Crippen molar-refractivity contribution in [3.63, 3.8) is 0 Å². The third-order valence-electron chi connectivity index (χ3n) is 3.18. The second-order valence-corrected chi connectivity index (χ2v) is 5.93. The Hall–Kier alpha value is -3.27. The molecule has 0 bridgehead atoms. The predicted octanol–water partition coefficient (Wildman–Crippen LogP) is 3.51. The van der Waals surface area contributed by atoms with Crippen molar-refractivity contribution >= 4 is 29.0 Å². The molecule has 0 atom stereocenters. The summed E-state index contributed by atoms with van der Waals surface area (Å²) in [5.41, 5.74) is 0.175. The quantitative estimate of drug-likeness (QED) is 0.399. The largest absolute Gasteiger partial charge is 0.411 e. The normalized spacial score (nSPS) is 10.5. The van der Waals surface area contributed by atoms with E-state index in [1.165, 1.54) is 6.07 Å². The Bertz CT molecular complexity index is 948. The van der Waals surface area contributed by atoms with Crippen LogP contribution in [-0.4, -0.2) is 26.8 Å². The molecule has 10 heteroatoms. The van der Waals surface area contributed by atoms with E-state index in [4.69, 9.17) is 4.42 Å². The molecule has 0 aliphatic heterocycles. The number of amides is 1. The number of anilines is 1. The number of nitrogens with zero attached hydrogens (tertiary/aromatic N) is 3. The number of carbonyl (C=O) groups is 1. The standard InChI is InChI=1S/C16H11FN4O4S/c17-12-7-6-11(8-13(12)21(23)24)18-14(22)9-26-16-20-19-15(25-16)10-4-2-1-3-5-10/h1-8H,9H2,(H,18,22). The average Bonchev–Trinajstić information content (AvgIpc) is 3.11. The zero-order valence-corrected chi connectivity index (χ0v) is 13.9. The highest BCUT2D eigenvalue weighted by Crippen LogP contribution is 2.24. The highest BCUT2D eigenvalue weighted by molar-refractivity contribution is 7.99. The summed E-state index contributed by atoms with van der Waals surface area (Å²) >= 11 is 1.02. The van der Waals surface area contributed by atoms with Crippen LogP contribution in [0, 0.1) is 15.9 Å². The zero-order chi connectivity index (χ0) is 18.5. The van der Waals surface area contributed by atoms with Crippen LogP contribution in [0.3, 0.4) is 0 Å². The molecule has 2 aromatic carbocycles. The fourth-order valence-corrected chi connectivity index (χ4v) is 2.58. The van der Waals surface area contributed by atoms with Gasteiger partial charge in [0.25, 0.3) is 5.22 Å². The van der Waals surface area contributed by atoms with E-state index in [0.717, 1.165) is 29.5 Å². The van der Waals surface area contributed by atoms with Crippen LogP contribution < -0.4 is 5.32 Å². The maximum absolute atomic E-state index is 13.3. The summed E-state index contributed by atoms with van der Waals surface area (Å²) in [4.78, 5) is 21.8. The van der Waals surface area contributed by atoms with Gasteiger partial charge in [0.05, 0.1) is 10.7 Å². The van der Waals surface area contributed by atoms with Crippen LogP contribution in [0.4, 0.5) is 15.8 Å². The molecule has 3 rings (SSSR count). The topological polar surface area (TPSA) is 111 Å². The molecule has 8 nitrogen and oxygen atoms in total. The van der Waals surface area contributed by atoms with Gasteiger partial charge in [-0.25, -0.2) is 0 Å². The molecule has 0 aliphatic carbocycles. The molecule has 0 saturated carbocycles. The van der Waals surface area contributed by atoms with E-state index in [2.05, 4.69) is 15.5 Å². The lowest BCUT2D eigenvalue weighted by Gasteiger charge is -2.04. The number of nitrogens with one attached hydrogen (secondary N) is 1. The second kappa shape index (κ2) is 7.74. The number of nitro groups is 1. The van der Waals surface area contributed by atoms with Crippen molar-refractivity contribution in [3.8, 4) is 11.5 Å². The van der Waals surface area contributed by atoms with Crippen LogP contribution in [0.2, 0.25) is 0 Å². The van der Waals surface area contributed by atoms with Gasteiger partial charge in [-0.1, -0.05) is 30.0 Å². The fraction of sp³-hybridized carbons (Fsp3) is 0.0625. The number of rotatable bonds is 6. The van der Waals surface area contributed by atoms with Crippen molar-refractivity contribution in [2.45, 2.75) is 5.22 Å². The molecular formula is C16H11FN4O4S. The predicted molar refractivity (Wildman–Crippen MR) is 92.1 cm³/mol. The summed E-state index contributed by atoms with van der Waals surface area (Å²) in [6.07, 6.45) is 0. The van der Waals surface area contributed by atoms with E-state index in [1.807, 2.05) is 30.3 Å². The van der Waals surface area contributed by atoms with Crippen molar-refractivity contribution < 1.29 is 18.5 Å². The lowest BCUT2D eigenvalue weighted by atomic mass is 10.2. The molecule has 1 N–H and O–H groups in total. The number of benzene rings is 2. The minimum atomic E-state index is -0.971. The van der Waals surface area contributed by atoms with Crippen LogP contribution >= 0.6 is 11.8 Å². The third kappa shape index (κ3) is 4.22. The lowest BCUT2D eigenvalue weighted by Crippen LogP contribution is -2.14. The molecule has 1 amide bonds. The molecule has 1 aromatic heterocycles. The first-order chi connectivity index (χ1) is 12.5. The van der Waals surface area contributed by atoms with Crippen molar-refractivity contribution in [1.82, 2.24) is 10.2 Å². The van der Waals surface area contributed by atoms with Crippen molar-refractivity contribution in [2.75, 3.05) is 11.1 Å². The molecule has 1 heterocycles. The summed E-state index contributed by atoms with van der Waals surface area (Å²) in [5.74, 6) is -1.14. The SMILES string of the molecule is O=C(CSc1nnc(-c2ccccc2)o1)Nc1ccc(F)c([N+](=O)[O-])c1. The molecular weight excluding hydrogens is 363 g/mol. The third-order valence-corrected chi connectivity index (χ3v) is 4.00. The van der Waals surface area contributed by atoms with Crippen LogP contribution in [0.15, 0.2) is 58.2 Å². The molecule has 26 heavy (non-hydrogen) atoms. The van der Waals surface area contributed by atoms with Gasteiger partial charge in [-0.2, -0.15) is 4.39 Å². The molecule has 0 aliphatic rings.